The van der Waals surface area contributed by atoms with Gasteiger partial charge in [0.15, 0.2) is 9.84 Å². The molecule has 0 spiro atoms. The number of rotatable bonds is 6. The van der Waals surface area contributed by atoms with Crippen LogP contribution in [0.2, 0.25) is 0 Å². The monoisotopic (exact) mass is 254 g/mol. The standard InChI is InChI=1S/C13H18O3S/c1-11(2)17(15,16)13-8-6-12(7-9-13)5-3-4-10-14/h6-11H,3-5H2,1-2H3. The van der Waals surface area contributed by atoms with Crippen LogP contribution in [0.3, 0.4) is 0 Å². The minimum absolute atomic E-state index is 0.367. The molecule has 1 rings (SSSR count). The van der Waals surface area contributed by atoms with Gasteiger partial charge in [-0.15, -0.1) is 0 Å². The summed E-state index contributed by atoms with van der Waals surface area (Å²) >= 11 is 0. The first kappa shape index (κ1) is 13.9. The van der Waals surface area contributed by atoms with Gasteiger partial charge in [-0.05, 0) is 44.4 Å². The van der Waals surface area contributed by atoms with Crippen LogP contribution in [-0.4, -0.2) is 20.0 Å². The normalized spacial score (nSPS) is 11.7. The van der Waals surface area contributed by atoms with E-state index in [4.69, 9.17) is 0 Å². The van der Waals surface area contributed by atoms with Crippen LogP contribution in [-0.2, 0) is 21.1 Å². The third-order valence-electron chi connectivity index (χ3n) is 2.66. The lowest BCUT2D eigenvalue weighted by molar-refractivity contribution is -0.107. The second-order valence-corrected chi connectivity index (χ2v) is 6.80. The highest BCUT2D eigenvalue weighted by Crippen LogP contribution is 2.17. The van der Waals surface area contributed by atoms with Crippen LogP contribution in [0.15, 0.2) is 29.2 Å². The minimum Gasteiger partial charge on any atom is -0.303 e. The number of sulfone groups is 1. The lowest BCUT2D eigenvalue weighted by atomic mass is 10.1. The van der Waals surface area contributed by atoms with Crippen LogP contribution < -0.4 is 0 Å². The molecule has 1 aromatic carbocycles. The molecule has 1 aromatic rings. The summed E-state index contributed by atoms with van der Waals surface area (Å²) in [5, 5.41) is -0.400. The topological polar surface area (TPSA) is 51.2 Å². The Morgan fingerprint density at radius 2 is 1.76 bits per heavy atom. The van der Waals surface area contributed by atoms with E-state index < -0.39 is 15.1 Å². The number of hydrogen-bond acceptors (Lipinski definition) is 3. The first-order valence-corrected chi connectivity index (χ1v) is 7.29. The van der Waals surface area contributed by atoms with Crippen molar-refractivity contribution in [3.8, 4) is 0 Å². The molecular formula is C13H18O3S. The largest absolute Gasteiger partial charge is 0.303 e. The first-order chi connectivity index (χ1) is 7.98. The molecule has 0 unspecified atom stereocenters. The van der Waals surface area contributed by atoms with Gasteiger partial charge in [0.1, 0.15) is 6.29 Å². The molecule has 94 valence electrons. The van der Waals surface area contributed by atoms with Crippen molar-refractivity contribution >= 4 is 16.1 Å². The molecule has 0 radical (unpaired) electrons. The number of benzene rings is 1. The van der Waals surface area contributed by atoms with Crippen molar-refractivity contribution in [2.24, 2.45) is 0 Å². The molecule has 0 saturated carbocycles. The Kier molecular flexibility index (Phi) is 4.87. The van der Waals surface area contributed by atoms with E-state index in [0.717, 1.165) is 24.7 Å². The molecule has 0 saturated heterocycles. The van der Waals surface area contributed by atoms with Crippen LogP contribution in [0.25, 0.3) is 0 Å². The number of carbonyl (C=O) groups is 1. The number of carbonyl (C=O) groups excluding carboxylic acids is 1. The fourth-order valence-electron chi connectivity index (χ4n) is 1.51. The third kappa shape index (κ3) is 3.66. The van der Waals surface area contributed by atoms with Crippen LogP contribution >= 0.6 is 0 Å². The van der Waals surface area contributed by atoms with Crippen molar-refractivity contribution in [3.63, 3.8) is 0 Å². The Bertz CT molecular complexity index is 458. The Hall–Kier alpha value is -1.16. The summed E-state index contributed by atoms with van der Waals surface area (Å²) in [6, 6.07) is 6.93. The van der Waals surface area contributed by atoms with Crippen molar-refractivity contribution in [2.75, 3.05) is 0 Å². The molecule has 0 N–H and O–H groups in total. The number of hydrogen-bond donors (Lipinski definition) is 0. The molecule has 4 heteroatoms. The summed E-state index contributed by atoms with van der Waals surface area (Å²) in [6.45, 7) is 3.35. The Balaban J connectivity index is 2.78. The van der Waals surface area contributed by atoms with Gasteiger partial charge in [-0.2, -0.15) is 0 Å². The fourth-order valence-corrected chi connectivity index (χ4v) is 2.57. The van der Waals surface area contributed by atoms with E-state index in [1.54, 1.807) is 26.0 Å². The summed E-state index contributed by atoms with van der Waals surface area (Å²) in [6.07, 6.45) is 3.06. The van der Waals surface area contributed by atoms with Crippen LogP contribution in [0.5, 0.6) is 0 Å². The SMILES string of the molecule is CC(C)S(=O)(=O)c1ccc(CCCC=O)cc1. The zero-order chi connectivity index (χ0) is 12.9. The molecule has 17 heavy (non-hydrogen) atoms. The molecule has 0 aliphatic heterocycles. The second kappa shape index (κ2) is 5.96. The summed E-state index contributed by atoms with van der Waals surface area (Å²) < 4.78 is 23.7. The first-order valence-electron chi connectivity index (χ1n) is 5.75. The Morgan fingerprint density at radius 3 is 2.24 bits per heavy atom. The van der Waals surface area contributed by atoms with Crippen molar-refractivity contribution in [1.82, 2.24) is 0 Å². The van der Waals surface area contributed by atoms with Gasteiger partial charge in [-0.1, -0.05) is 12.1 Å². The lowest BCUT2D eigenvalue weighted by Gasteiger charge is -2.08. The summed E-state index contributed by atoms with van der Waals surface area (Å²) in [5.41, 5.74) is 1.06. The van der Waals surface area contributed by atoms with Crippen molar-refractivity contribution in [2.45, 2.75) is 43.3 Å². The number of aryl methyl sites for hydroxylation is 1. The third-order valence-corrected chi connectivity index (χ3v) is 4.83. The molecule has 0 aliphatic carbocycles. The van der Waals surface area contributed by atoms with Crippen molar-refractivity contribution in [1.29, 1.82) is 0 Å². The van der Waals surface area contributed by atoms with Gasteiger partial charge in [-0.25, -0.2) is 8.42 Å². The highest BCUT2D eigenvalue weighted by molar-refractivity contribution is 7.92. The van der Waals surface area contributed by atoms with E-state index in [-0.39, 0.29) is 0 Å². The summed E-state index contributed by atoms with van der Waals surface area (Å²) in [5.74, 6) is 0. The predicted molar refractivity (Wildman–Crippen MR) is 67.8 cm³/mol. The zero-order valence-corrected chi connectivity index (χ0v) is 11.0. The highest BCUT2D eigenvalue weighted by atomic mass is 32.2. The number of unbranched alkanes of at least 4 members (excludes halogenated alkanes) is 1. The van der Waals surface area contributed by atoms with Crippen LogP contribution in [0.4, 0.5) is 0 Å². The molecular weight excluding hydrogens is 236 g/mol. The molecule has 0 amide bonds. The average molecular weight is 254 g/mol. The van der Waals surface area contributed by atoms with Gasteiger partial charge in [0.2, 0.25) is 0 Å². The van der Waals surface area contributed by atoms with Gasteiger partial charge < -0.3 is 4.79 Å². The van der Waals surface area contributed by atoms with E-state index in [1.807, 2.05) is 12.1 Å². The predicted octanol–water partition coefficient (Wildman–Crippen LogP) is 2.39. The number of aldehydes is 1. The maximum atomic E-state index is 11.9. The molecule has 0 aromatic heterocycles. The van der Waals surface area contributed by atoms with E-state index in [2.05, 4.69) is 0 Å². The Morgan fingerprint density at radius 1 is 1.18 bits per heavy atom. The fraction of sp³-hybridized carbons (Fsp3) is 0.462. The molecule has 0 atom stereocenters. The summed E-state index contributed by atoms with van der Waals surface area (Å²) in [4.78, 5) is 10.5. The van der Waals surface area contributed by atoms with Gasteiger partial charge in [-0.3, -0.25) is 0 Å². The molecule has 3 nitrogen and oxygen atoms in total. The maximum absolute atomic E-state index is 11.9. The minimum atomic E-state index is -3.17. The lowest BCUT2D eigenvalue weighted by Crippen LogP contribution is -2.13. The second-order valence-electron chi connectivity index (χ2n) is 4.30. The van der Waals surface area contributed by atoms with Gasteiger partial charge in [0.05, 0.1) is 10.1 Å². The van der Waals surface area contributed by atoms with Gasteiger partial charge in [0, 0.05) is 6.42 Å². The van der Waals surface area contributed by atoms with Gasteiger partial charge in [0.25, 0.3) is 0 Å². The van der Waals surface area contributed by atoms with E-state index in [9.17, 15) is 13.2 Å². The van der Waals surface area contributed by atoms with E-state index >= 15 is 0 Å². The smallest absolute Gasteiger partial charge is 0.180 e. The maximum Gasteiger partial charge on any atom is 0.180 e. The molecule has 0 aliphatic rings. The average Bonchev–Trinajstić information content (AvgIpc) is 2.30. The zero-order valence-electron chi connectivity index (χ0n) is 10.2. The van der Waals surface area contributed by atoms with Crippen molar-refractivity contribution in [3.05, 3.63) is 29.8 Å². The van der Waals surface area contributed by atoms with E-state index in [0.29, 0.717) is 11.3 Å². The van der Waals surface area contributed by atoms with Crippen LogP contribution in [0.1, 0.15) is 32.3 Å². The quantitative estimate of drug-likeness (QED) is 0.578. The Labute approximate surface area is 103 Å². The molecule has 0 fully saturated rings. The highest BCUT2D eigenvalue weighted by Gasteiger charge is 2.18. The summed E-state index contributed by atoms with van der Waals surface area (Å²) in [7, 11) is -3.17. The molecule has 0 bridgehead atoms. The van der Waals surface area contributed by atoms with E-state index in [1.165, 1.54) is 0 Å². The molecule has 0 heterocycles. The van der Waals surface area contributed by atoms with Crippen molar-refractivity contribution < 1.29 is 13.2 Å². The van der Waals surface area contributed by atoms with Gasteiger partial charge >= 0.3 is 0 Å². The van der Waals surface area contributed by atoms with Crippen LogP contribution in [0, 0.1) is 0 Å².